The average molecular weight is 326 g/mol. The summed E-state index contributed by atoms with van der Waals surface area (Å²) in [5.41, 5.74) is 2.56. The number of carbonyl (C=O) groups is 1. The molecule has 1 unspecified atom stereocenters. The van der Waals surface area contributed by atoms with E-state index in [1.165, 1.54) is 6.07 Å². The Morgan fingerprint density at radius 3 is 2.79 bits per heavy atom. The van der Waals surface area contributed by atoms with Crippen LogP contribution in [0.15, 0.2) is 30.3 Å². The fourth-order valence-electron chi connectivity index (χ4n) is 3.32. The highest BCUT2D eigenvalue weighted by molar-refractivity contribution is 5.88. The Kier molecular flexibility index (Phi) is 3.67. The maximum Gasteiger partial charge on any atom is 0.323 e. The van der Waals surface area contributed by atoms with Gasteiger partial charge in [0, 0.05) is 18.0 Å². The summed E-state index contributed by atoms with van der Waals surface area (Å²) < 4.78 is 14.1. The van der Waals surface area contributed by atoms with Crippen LogP contribution in [0.2, 0.25) is 0 Å². The molecule has 2 aliphatic rings. The predicted octanol–water partition coefficient (Wildman–Crippen LogP) is 3.64. The van der Waals surface area contributed by atoms with Crippen molar-refractivity contribution < 1.29 is 9.18 Å². The molecule has 2 aromatic rings. The zero-order chi connectivity index (χ0) is 16.7. The molecule has 24 heavy (non-hydrogen) atoms. The maximum absolute atomic E-state index is 14.1. The zero-order valence-electron chi connectivity index (χ0n) is 13.5. The largest absolute Gasteiger partial charge is 0.323 e. The van der Waals surface area contributed by atoms with Crippen molar-refractivity contribution >= 4 is 11.8 Å². The first kappa shape index (κ1) is 15.1. The van der Waals surface area contributed by atoms with Gasteiger partial charge in [0.05, 0.1) is 11.7 Å². The molecular weight excluding hydrogens is 307 g/mol. The highest BCUT2D eigenvalue weighted by Gasteiger charge is 2.30. The van der Waals surface area contributed by atoms with E-state index in [1.54, 1.807) is 17.0 Å². The molecule has 1 fully saturated rings. The number of nitrogens with one attached hydrogen (secondary N) is 1. The second-order valence-corrected chi connectivity index (χ2v) is 6.48. The van der Waals surface area contributed by atoms with Gasteiger partial charge in [0.2, 0.25) is 0 Å². The molecule has 1 atom stereocenters. The number of rotatable bonds is 2. The van der Waals surface area contributed by atoms with E-state index in [9.17, 15) is 9.18 Å². The van der Waals surface area contributed by atoms with Crippen LogP contribution in [-0.4, -0.2) is 27.7 Å². The molecule has 124 valence electrons. The van der Waals surface area contributed by atoms with E-state index < -0.39 is 0 Å². The van der Waals surface area contributed by atoms with Crippen molar-refractivity contribution in [1.82, 2.24) is 15.1 Å². The molecule has 1 aromatic carbocycles. The van der Waals surface area contributed by atoms with E-state index in [1.807, 2.05) is 19.1 Å². The Hall–Kier alpha value is -2.50. The second-order valence-electron chi connectivity index (χ2n) is 6.48. The molecule has 5 nitrogen and oxygen atoms in total. The number of halogens is 1. The molecule has 0 radical (unpaired) electrons. The van der Waals surface area contributed by atoms with Gasteiger partial charge in [0.15, 0.2) is 5.82 Å². The molecule has 1 N–H and O–H groups in total. The molecular formula is C18H19FN4O. The van der Waals surface area contributed by atoms with Crippen molar-refractivity contribution in [2.24, 2.45) is 0 Å². The molecule has 0 bridgehead atoms. The van der Waals surface area contributed by atoms with E-state index in [4.69, 9.17) is 0 Å². The van der Waals surface area contributed by atoms with Crippen LogP contribution in [-0.2, 0) is 6.42 Å². The van der Waals surface area contributed by atoms with E-state index in [0.29, 0.717) is 30.3 Å². The van der Waals surface area contributed by atoms with Gasteiger partial charge in [-0.25, -0.2) is 9.18 Å². The summed E-state index contributed by atoms with van der Waals surface area (Å²) in [5, 5.41) is 11.0. The van der Waals surface area contributed by atoms with Gasteiger partial charge >= 0.3 is 6.03 Å². The van der Waals surface area contributed by atoms with Gasteiger partial charge in [0.1, 0.15) is 5.82 Å². The van der Waals surface area contributed by atoms with Crippen LogP contribution in [0.3, 0.4) is 0 Å². The van der Waals surface area contributed by atoms with Crippen molar-refractivity contribution in [2.45, 2.75) is 38.1 Å². The lowest BCUT2D eigenvalue weighted by atomic mass is 9.93. The third kappa shape index (κ3) is 2.72. The first-order valence-electron chi connectivity index (χ1n) is 8.32. The van der Waals surface area contributed by atoms with Crippen molar-refractivity contribution in [1.29, 1.82) is 0 Å². The van der Waals surface area contributed by atoms with Crippen molar-refractivity contribution in [3.63, 3.8) is 0 Å². The quantitative estimate of drug-likeness (QED) is 0.916. The fourth-order valence-corrected chi connectivity index (χ4v) is 3.32. The van der Waals surface area contributed by atoms with Crippen molar-refractivity contribution in [3.8, 4) is 0 Å². The monoisotopic (exact) mass is 326 g/mol. The van der Waals surface area contributed by atoms with Crippen LogP contribution in [0, 0.1) is 5.82 Å². The second kappa shape index (κ2) is 5.85. The molecule has 1 saturated carbocycles. The van der Waals surface area contributed by atoms with Gasteiger partial charge in [-0.05, 0) is 49.9 Å². The third-order valence-corrected chi connectivity index (χ3v) is 4.83. The van der Waals surface area contributed by atoms with Crippen LogP contribution in [0.4, 0.5) is 15.0 Å². The molecule has 6 heteroatoms. The number of hydrogen-bond donors (Lipinski definition) is 1. The van der Waals surface area contributed by atoms with E-state index in [0.717, 1.165) is 24.1 Å². The zero-order valence-corrected chi connectivity index (χ0v) is 13.5. The van der Waals surface area contributed by atoms with Gasteiger partial charge in [-0.2, -0.15) is 5.10 Å². The lowest BCUT2D eigenvalue weighted by Crippen LogP contribution is -2.42. The average Bonchev–Trinajstić information content (AvgIpc) is 3.41. The van der Waals surface area contributed by atoms with Crippen LogP contribution in [0.25, 0.3) is 0 Å². The Morgan fingerprint density at radius 2 is 2.08 bits per heavy atom. The summed E-state index contributed by atoms with van der Waals surface area (Å²) >= 11 is 0. The SMILES string of the molecule is CC1c2c(F)cccc2CCN1C(=O)Nc1ccc(C2CC2)nn1. The number of urea groups is 1. The number of amides is 2. The van der Waals surface area contributed by atoms with Crippen LogP contribution in [0.1, 0.15) is 48.5 Å². The Labute approximate surface area is 139 Å². The first-order chi connectivity index (χ1) is 11.6. The predicted molar refractivity (Wildman–Crippen MR) is 88.3 cm³/mol. The Morgan fingerprint density at radius 1 is 1.25 bits per heavy atom. The summed E-state index contributed by atoms with van der Waals surface area (Å²) in [7, 11) is 0. The van der Waals surface area contributed by atoms with Gasteiger partial charge in [-0.3, -0.25) is 5.32 Å². The minimum atomic E-state index is -0.311. The van der Waals surface area contributed by atoms with Crippen molar-refractivity contribution in [3.05, 3.63) is 53.0 Å². The lowest BCUT2D eigenvalue weighted by Gasteiger charge is -2.35. The van der Waals surface area contributed by atoms with Gasteiger partial charge < -0.3 is 4.90 Å². The topological polar surface area (TPSA) is 58.1 Å². The van der Waals surface area contributed by atoms with E-state index >= 15 is 0 Å². The summed E-state index contributed by atoms with van der Waals surface area (Å²) in [6.45, 7) is 2.40. The van der Waals surface area contributed by atoms with E-state index in [-0.39, 0.29) is 17.9 Å². The lowest BCUT2D eigenvalue weighted by molar-refractivity contribution is 0.186. The van der Waals surface area contributed by atoms with Gasteiger partial charge in [0.25, 0.3) is 0 Å². The first-order valence-corrected chi connectivity index (χ1v) is 8.32. The Bertz CT molecular complexity index is 773. The molecule has 1 aliphatic carbocycles. The number of nitrogens with zero attached hydrogens (tertiary/aromatic N) is 3. The maximum atomic E-state index is 14.1. The molecule has 0 spiro atoms. The summed E-state index contributed by atoms with van der Waals surface area (Å²) in [6.07, 6.45) is 2.98. The minimum absolute atomic E-state index is 0.258. The molecule has 1 aliphatic heterocycles. The number of fused-ring (bicyclic) bond motifs is 1. The van der Waals surface area contributed by atoms with Crippen LogP contribution in [0.5, 0.6) is 0 Å². The van der Waals surface area contributed by atoms with Gasteiger partial charge in [-0.1, -0.05) is 12.1 Å². The number of benzene rings is 1. The minimum Gasteiger partial charge on any atom is -0.317 e. The molecule has 2 heterocycles. The van der Waals surface area contributed by atoms with Crippen LogP contribution < -0.4 is 5.32 Å². The molecule has 0 saturated heterocycles. The number of aromatic nitrogens is 2. The third-order valence-electron chi connectivity index (χ3n) is 4.83. The number of anilines is 1. The Balaban J connectivity index is 1.49. The summed E-state index contributed by atoms with van der Waals surface area (Å²) in [4.78, 5) is 14.2. The highest BCUT2D eigenvalue weighted by atomic mass is 19.1. The van der Waals surface area contributed by atoms with Gasteiger partial charge in [-0.15, -0.1) is 5.10 Å². The molecule has 4 rings (SSSR count). The smallest absolute Gasteiger partial charge is 0.317 e. The standard InChI is InChI=1S/C18H19FN4O/c1-11-17-13(3-2-4-14(17)19)9-10-23(11)18(24)20-16-8-7-15(21-22-16)12-5-6-12/h2-4,7-8,11-12H,5-6,9-10H2,1H3,(H,20,22,24). The normalized spacial score (nSPS) is 19.8. The number of hydrogen-bond acceptors (Lipinski definition) is 3. The highest BCUT2D eigenvalue weighted by Crippen LogP contribution is 2.38. The number of carbonyl (C=O) groups excluding carboxylic acids is 1. The fraction of sp³-hybridized carbons (Fsp3) is 0.389. The van der Waals surface area contributed by atoms with E-state index in [2.05, 4.69) is 15.5 Å². The van der Waals surface area contributed by atoms with Crippen molar-refractivity contribution in [2.75, 3.05) is 11.9 Å². The molecule has 2 amide bonds. The van der Waals surface area contributed by atoms with Crippen LogP contribution >= 0.6 is 0 Å². The summed E-state index contributed by atoms with van der Waals surface area (Å²) in [5.74, 6) is 0.700. The summed E-state index contributed by atoms with van der Waals surface area (Å²) in [6, 6.07) is 8.19. The molecule has 1 aromatic heterocycles.